The Labute approximate surface area is 106 Å². The van der Waals surface area contributed by atoms with Crippen molar-refractivity contribution in [3.05, 3.63) is 35.4 Å². The molecule has 1 nitrogen and oxygen atoms in total. The predicted molar refractivity (Wildman–Crippen MR) is 65.1 cm³/mol. The van der Waals surface area contributed by atoms with E-state index < -0.39 is 17.8 Å². The third kappa shape index (κ3) is 3.73. The molecule has 0 fully saturated rings. The highest BCUT2D eigenvalue weighted by Gasteiger charge is 2.35. The van der Waals surface area contributed by atoms with Gasteiger partial charge < -0.3 is 5.11 Å². The zero-order chi connectivity index (χ0) is 13.8. The predicted octanol–water partition coefficient (Wildman–Crippen LogP) is 4.57. The van der Waals surface area contributed by atoms with Crippen LogP contribution in [-0.4, -0.2) is 5.11 Å². The van der Waals surface area contributed by atoms with Crippen molar-refractivity contribution in [3.8, 4) is 0 Å². The first-order chi connectivity index (χ1) is 8.38. The Balaban J connectivity index is 2.95. The van der Waals surface area contributed by atoms with Gasteiger partial charge in [0, 0.05) is 0 Å². The number of aliphatic hydroxyl groups is 1. The monoisotopic (exact) mass is 260 g/mol. The minimum absolute atomic E-state index is 0.0198. The first-order valence-corrected chi connectivity index (χ1v) is 6.22. The van der Waals surface area contributed by atoms with E-state index in [9.17, 15) is 18.3 Å². The molecule has 0 saturated heterocycles. The third-order valence-corrected chi connectivity index (χ3v) is 3.14. The van der Waals surface area contributed by atoms with Gasteiger partial charge in [-0.3, -0.25) is 0 Å². The van der Waals surface area contributed by atoms with Crippen molar-refractivity contribution in [1.29, 1.82) is 0 Å². The molecule has 2 atom stereocenters. The van der Waals surface area contributed by atoms with Crippen LogP contribution in [0.2, 0.25) is 0 Å². The van der Waals surface area contributed by atoms with Crippen molar-refractivity contribution in [2.45, 2.75) is 45.4 Å². The quantitative estimate of drug-likeness (QED) is 0.822. The molecule has 0 aliphatic carbocycles. The molecule has 18 heavy (non-hydrogen) atoms. The molecule has 1 N–H and O–H groups in total. The number of alkyl halides is 3. The van der Waals surface area contributed by atoms with Crippen LogP contribution in [0.4, 0.5) is 13.2 Å². The van der Waals surface area contributed by atoms with Gasteiger partial charge in [0.25, 0.3) is 0 Å². The van der Waals surface area contributed by atoms with Crippen LogP contribution in [0.1, 0.15) is 50.3 Å². The molecule has 1 rings (SSSR count). The van der Waals surface area contributed by atoms with Crippen LogP contribution in [0, 0.1) is 5.92 Å². The summed E-state index contributed by atoms with van der Waals surface area (Å²) >= 11 is 0. The van der Waals surface area contributed by atoms with E-state index in [2.05, 4.69) is 0 Å². The van der Waals surface area contributed by atoms with Crippen LogP contribution in [0.15, 0.2) is 24.3 Å². The van der Waals surface area contributed by atoms with Gasteiger partial charge in [0.1, 0.15) is 0 Å². The van der Waals surface area contributed by atoms with E-state index in [0.29, 0.717) is 0 Å². The number of aliphatic hydroxyl groups excluding tert-OH is 1. The van der Waals surface area contributed by atoms with E-state index in [0.717, 1.165) is 25.3 Å². The average Bonchev–Trinajstić information content (AvgIpc) is 2.34. The highest BCUT2D eigenvalue weighted by molar-refractivity contribution is 5.31. The van der Waals surface area contributed by atoms with Crippen molar-refractivity contribution in [2.24, 2.45) is 5.92 Å². The van der Waals surface area contributed by atoms with Crippen LogP contribution < -0.4 is 0 Å². The van der Waals surface area contributed by atoms with Crippen molar-refractivity contribution >= 4 is 0 Å². The largest absolute Gasteiger partial charge is 0.416 e. The minimum Gasteiger partial charge on any atom is -0.388 e. The van der Waals surface area contributed by atoms with Gasteiger partial charge in [0.2, 0.25) is 0 Å². The molecule has 1 aromatic rings. The molecular formula is C14H19F3O. The summed E-state index contributed by atoms with van der Waals surface area (Å²) in [4.78, 5) is 0. The zero-order valence-corrected chi connectivity index (χ0v) is 10.7. The number of hydrogen-bond acceptors (Lipinski definition) is 1. The fourth-order valence-corrected chi connectivity index (χ4v) is 2.00. The van der Waals surface area contributed by atoms with Gasteiger partial charge in [-0.25, -0.2) is 0 Å². The van der Waals surface area contributed by atoms with E-state index in [1.54, 1.807) is 6.92 Å². The summed E-state index contributed by atoms with van der Waals surface area (Å²) in [6.07, 6.45) is -2.87. The highest BCUT2D eigenvalue weighted by Crippen LogP contribution is 2.37. The van der Waals surface area contributed by atoms with Gasteiger partial charge in [-0.05, 0) is 24.0 Å². The summed E-state index contributed by atoms with van der Waals surface area (Å²) in [7, 11) is 0. The van der Waals surface area contributed by atoms with Gasteiger partial charge in [-0.15, -0.1) is 0 Å². The molecule has 1 aromatic carbocycles. The maximum absolute atomic E-state index is 12.8. The van der Waals surface area contributed by atoms with E-state index >= 15 is 0 Å². The van der Waals surface area contributed by atoms with Crippen LogP contribution in [-0.2, 0) is 6.18 Å². The second-order valence-electron chi connectivity index (χ2n) is 4.65. The summed E-state index contributed by atoms with van der Waals surface area (Å²) in [5, 5.41) is 10.1. The van der Waals surface area contributed by atoms with Crippen LogP contribution in [0.3, 0.4) is 0 Å². The Morgan fingerprint density at radius 1 is 1.22 bits per heavy atom. The lowest BCUT2D eigenvalue weighted by Crippen LogP contribution is -2.16. The Kier molecular flexibility index (Phi) is 5.20. The van der Waals surface area contributed by atoms with Crippen molar-refractivity contribution in [2.75, 3.05) is 0 Å². The highest BCUT2D eigenvalue weighted by atomic mass is 19.4. The maximum atomic E-state index is 12.8. The fraction of sp³-hybridized carbons (Fsp3) is 0.571. The maximum Gasteiger partial charge on any atom is 0.416 e. The number of rotatable bonds is 5. The summed E-state index contributed by atoms with van der Waals surface area (Å²) in [5.41, 5.74) is -0.755. The number of hydrogen-bond donors (Lipinski definition) is 1. The topological polar surface area (TPSA) is 20.2 Å². The molecule has 0 bridgehead atoms. The van der Waals surface area contributed by atoms with Crippen molar-refractivity contribution < 1.29 is 18.3 Å². The van der Waals surface area contributed by atoms with Gasteiger partial charge >= 0.3 is 6.18 Å². The molecule has 102 valence electrons. The summed E-state index contributed by atoms with van der Waals surface area (Å²) in [6.45, 7) is 3.80. The Bertz CT molecular complexity index is 374. The van der Waals surface area contributed by atoms with Crippen LogP contribution in [0.5, 0.6) is 0 Å². The molecular weight excluding hydrogens is 241 g/mol. The Morgan fingerprint density at radius 3 is 2.39 bits per heavy atom. The zero-order valence-electron chi connectivity index (χ0n) is 10.7. The lowest BCUT2D eigenvalue weighted by molar-refractivity contribution is -0.139. The molecule has 2 unspecified atom stereocenters. The van der Waals surface area contributed by atoms with Crippen molar-refractivity contribution in [3.63, 3.8) is 0 Å². The average molecular weight is 260 g/mol. The molecule has 0 spiro atoms. The smallest absolute Gasteiger partial charge is 0.388 e. The number of halogens is 3. The van der Waals surface area contributed by atoms with E-state index in [1.807, 2.05) is 6.92 Å². The fourth-order valence-electron chi connectivity index (χ4n) is 2.00. The Morgan fingerprint density at radius 2 is 1.83 bits per heavy atom. The summed E-state index contributed by atoms with van der Waals surface area (Å²) in [5.74, 6) is -0.173. The SMILES string of the molecule is CCCCC(C)C(O)c1ccccc1C(F)(F)F. The lowest BCUT2D eigenvalue weighted by Gasteiger charge is -2.22. The van der Waals surface area contributed by atoms with Crippen molar-refractivity contribution in [1.82, 2.24) is 0 Å². The summed E-state index contributed by atoms with van der Waals surface area (Å²) < 4.78 is 38.4. The molecule has 0 saturated carbocycles. The van der Waals surface area contributed by atoms with E-state index in [1.165, 1.54) is 18.2 Å². The number of benzene rings is 1. The Hall–Kier alpha value is -1.03. The van der Waals surface area contributed by atoms with E-state index in [-0.39, 0.29) is 11.5 Å². The molecule has 0 aliphatic rings. The number of unbranched alkanes of at least 4 members (excludes halogenated alkanes) is 1. The first-order valence-electron chi connectivity index (χ1n) is 6.22. The van der Waals surface area contributed by atoms with Gasteiger partial charge in [0.15, 0.2) is 0 Å². The molecule has 0 amide bonds. The molecule has 4 heteroatoms. The minimum atomic E-state index is -4.41. The molecule has 0 aliphatic heterocycles. The standard InChI is InChI=1S/C14H19F3O/c1-3-4-7-10(2)13(18)11-8-5-6-9-12(11)14(15,16)17/h5-6,8-10,13,18H,3-4,7H2,1-2H3. The molecule has 0 aromatic heterocycles. The lowest BCUT2D eigenvalue weighted by atomic mass is 9.90. The van der Waals surface area contributed by atoms with Crippen LogP contribution in [0.25, 0.3) is 0 Å². The third-order valence-electron chi connectivity index (χ3n) is 3.14. The van der Waals surface area contributed by atoms with Gasteiger partial charge in [0.05, 0.1) is 11.7 Å². The van der Waals surface area contributed by atoms with E-state index in [4.69, 9.17) is 0 Å². The molecule has 0 heterocycles. The second-order valence-corrected chi connectivity index (χ2v) is 4.65. The van der Waals surface area contributed by atoms with Crippen LogP contribution >= 0.6 is 0 Å². The normalized spacial score (nSPS) is 15.4. The van der Waals surface area contributed by atoms with Gasteiger partial charge in [-0.1, -0.05) is 44.9 Å². The second kappa shape index (κ2) is 6.23. The molecule has 0 radical (unpaired) electrons. The first kappa shape index (κ1) is 15.0. The van der Waals surface area contributed by atoms with Gasteiger partial charge in [-0.2, -0.15) is 13.2 Å². The summed E-state index contributed by atoms with van der Waals surface area (Å²) in [6, 6.07) is 5.25.